The Kier molecular flexibility index (Phi) is 7.00. The second kappa shape index (κ2) is 10.5. The fourth-order valence-electron chi connectivity index (χ4n) is 5.10. The number of rotatable bonds is 8. The van der Waals surface area contributed by atoms with Gasteiger partial charge < -0.3 is 19.7 Å². The number of hydroxylamine groups is 1. The molecule has 210 valence electrons. The predicted octanol–water partition coefficient (Wildman–Crippen LogP) is 4.08. The van der Waals surface area contributed by atoms with Crippen LogP contribution in [0, 0.1) is 5.82 Å². The number of nitrogens with zero attached hydrogens (tertiary/aromatic N) is 5. The van der Waals surface area contributed by atoms with Crippen LogP contribution in [0.15, 0.2) is 52.7 Å². The Labute approximate surface area is 234 Å². The molecule has 3 aliphatic heterocycles. The molecule has 2 saturated heterocycles. The molecule has 3 atom stereocenters. The number of carbonyl (C=O) groups excluding carboxylic acids is 1. The van der Waals surface area contributed by atoms with Crippen molar-refractivity contribution < 1.29 is 32.3 Å². The summed E-state index contributed by atoms with van der Waals surface area (Å²) in [6.07, 6.45) is 1.34. The minimum absolute atomic E-state index is 0.102. The molecule has 1 unspecified atom stereocenters. The summed E-state index contributed by atoms with van der Waals surface area (Å²) in [5.74, 6) is -0.0795. The highest BCUT2D eigenvalue weighted by Gasteiger charge is 2.57. The van der Waals surface area contributed by atoms with Gasteiger partial charge in [-0.25, -0.2) is 18.9 Å². The lowest BCUT2D eigenvalue weighted by Gasteiger charge is -2.32. The van der Waals surface area contributed by atoms with Crippen molar-refractivity contribution in [1.29, 1.82) is 0 Å². The minimum atomic E-state index is -2.87. The molecule has 2 N–H and O–H groups in total. The molecule has 1 amide bonds. The van der Waals surface area contributed by atoms with Crippen molar-refractivity contribution in [3.05, 3.63) is 74.8 Å². The van der Waals surface area contributed by atoms with E-state index in [2.05, 4.69) is 20.9 Å². The molecule has 16 heteroatoms. The molecular formula is C24H21ClF3N7O4S. The van der Waals surface area contributed by atoms with Crippen LogP contribution in [-0.2, 0) is 14.3 Å². The summed E-state index contributed by atoms with van der Waals surface area (Å²) in [6, 6.07) is 4.51. The number of ether oxygens (including phenoxy) is 2. The summed E-state index contributed by atoms with van der Waals surface area (Å²) in [4.78, 5) is 29.0. The average molecular weight is 596 g/mol. The number of carbonyl (C=O) groups is 1. The molecule has 3 aliphatic rings. The number of benzene rings is 1. The predicted molar refractivity (Wildman–Crippen MR) is 137 cm³/mol. The highest BCUT2D eigenvalue weighted by Crippen LogP contribution is 2.49. The molecule has 0 radical (unpaired) electrons. The Morgan fingerprint density at radius 1 is 1.38 bits per heavy atom. The molecular weight excluding hydrogens is 575 g/mol. The van der Waals surface area contributed by atoms with Crippen LogP contribution in [0.4, 0.5) is 18.0 Å². The molecule has 6 rings (SSSR count). The van der Waals surface area contributed by atoms with Gasteiger partial charge in [0.1, 0.15) is 17.4 Å². The van der Waals surface area contributed by atoms with Gasteiger partial charge in [-0.15, -0.1) is 11.3 Å². The van der Waals surface area contributed by atoms with E-state index in [0.717, 1.165) is 12.3 Å². The lowest BCUT2D eigenvalue weighted by molar-refractivity contribution is -0.134. The fourth-order valence-corrected chi connectivity index (χ4v) is 6.01. The number of aromatic nitrogens is 3. The first-order chi connectivity index (χ1) is 19.3. The number of cyclic esters (lactones) is 1. The number of thiazole rings is 1. The van der Waals surface area contributed by atoms with Gasteiger partial charge in [0.2, 0.25) is 6.23 Å². The molecule has 5 heterocycles. The smallest absolute Gasteiger partial charge is 0.409 e. The third-order valence-corrected chi connectivity index (χ3v) is 7.85. The van der Waals surface area contributed by atoms with Crippen molar-refractivity contribution in [2.75, 3.05) is 20.4 Å². The Morgan fingerprint density at radius 2 is 2.23 bits per heavy atom. The maximum atomic E-state index is 14.0. The molecule has 3 aromatic rings. The number of halogens is 4. The molecule has 40 heavy (non-hydrogen) atoms. The van der Waals surface area contributed by atoms with E-state index in [-0.39, 0.29) is 30.5 Å². The Hall–Kier alpha value is -3.50. The summed E-state index contributed by atoms with van der Waals surface area (Å²) in [5, 5.41) is 9.46. The molecule has 1 aromatic carbocycles. The second-order valence-corrected chi connectivity index (χ2v) is 10.5. The number of fused-ring (bicyclic) bond motifs is 1. The Balaban J connectivity index is 1.54. The quantitative estimate of drug-likeness (QED) is 0.228. The maximum absolute atomic E-state index is 14.0. The van der Waals surface area contributed by atoms with E-state index in [4.69, 9.17) is 30.9 Å². The summed E-state index contributed by atoms with van der Waals surface area (Å²) < 4.78 is 52.1. The molecule has 0 bridgehead atoms. The van der Waals surface area contributed by atoms with Crippen molar-refractivity contribution in [1.82, 2.24) is 30.5 Å². The fraction of sp³-hybridized carbons (Fsp3) is 0.333. The van der Waals surface area contributed by atoms with Crippen LogP contribution in [0.3, 0.4) is 0 Å². The van der Waals surface area contributed by atoms with E-state index in [1.54, 1.807) is 11.6 Å². The normalized spacial score (nSPS) is 24.1. The lowest BCUT2D eigenvalue weighted by Crippen LogP contribution is -2.56. The maximum Gasteiger partial charge on any atom is 0.409 e. The third kappa shape index (κ3) is 4.62. The van der Waals surface area contributed by atoms with E-state index in [0.29, 0.717) is 32.4 Å². The van der Waals surface area contributed by atoms with Crippen LogP contribution in [0.1, 0.15) is 35.3 Å². The first-order valence-electron chi connectivity index (χ1n) is 11.9. The standard InChI is InChI=1S/C24H21ClF3N7O4S/c1-37-11-38-33-21-24(31-23(36)39-21)9-16-17(15-4-6-35(32-15)22(27)28)18(13-3-2-12(26)8-14(13)25)30-19(34(16)10-24)20-29-5-7-40-20/h2-8,18,21-22,33H,9-11H2,1H3,(H,31,36)/t18-,21?,24-/m0/s1. The van der Waals surface area contributed by atoms with Gasteiger partial charge in [-0.2, -0.15) is 19.4 Å². The monoisotopic (exact) mass is 595 g/mol. The van der Waals surface area contributed by atoms with Crippen molar-refractivity contribution in [3.63, 3.8) is 0 Å². The highest BCUT2D eigenvalue weighted by atomic mass is 35.5. The van der Waals surface area contributed by atoms with Gasteiger partial charge in [0.25, 0.3) is 0 Å². The van der Waals surface area contributed by atoms with Gasteiger partial charge in [0.15, 0.2) is 17.6 Å². The molecule has 0 aliphatic carbocycles. The largest absolute Gasteiger partial charge is 0.426 e. The van der Waals surface area contributed by atoms with Crippen LogP contribution in [0.5, 0.6) is 0 Å². The number of methoxy groups -OCH3 is 1. The van der Waals surface area contributed by atoms with Gasteiger partial charge in [-0.1, -0.05) is 17.7 Å². The molecule has 1 spiro atoms. The van der Waals surface area contributed by atoms with Crippen molar-refractivity contribution in [2.45, 2.75) is 30.8 Å². The lowest BCUT2D eigenvalue weighted by atomic mass is 9.89. The van der Waals surface area contributed by atoms with Crippen LogP contribution >= 0.6 is 22.9 Å². The number of nitrogens with one attached hydrogen (secondary N) is 2. The van der Waals surface area contributed by atoms with Gasteiger partial charge in [0.05, 0.1) is 12.2 Å². The SMILES string of the molecule is COCONC1OC(=O)N[C@]12CC1=C(c3ccn(C(F)F)n3)[C@H](c3ccc(F)cc3Cl)N=C(c3nccs3)N1C2. The summed E-state index contributed by atoms with van der Waals surface area (Å²) in [7, 11) is 1.44. The van der Waals surface area contributed by atoms with Crippen molar-refractivity contribution >= 4 is 40.4 Å². The number of alkyl halides is 2. The van der Waals surface area contributed by atoms with Gasteiger partial charge >= 0.3 is 12.6 Å². The number of alkyl carbamates (subject to hydrolysis) is 1. The molecule has 11 nitrogen and oxygen atoms in total. The number of amides is 1. The first kappa shape index (κ1) is 26.7. The van der Waals surface area contributed by atoms with E-state index in [1.165, 1.54) is 36.6 Å². The van der Waals surface area contributed by atoms with Gasteiger partial charge in [-0.3, -0.25) is 9.83 Å². The zero-order valence-corrected chi connectivity index (χ0v) is 22.3. The first-order valence-corrected chi connectivity index (χ1v) is 13.2. The van der Waals surface area contributed by atoms with E-state index < -0.39 is 36.3 Å². The summed E-state index contributed by atoms with van der Waals surface area (Å²) in [6.45, 7) is -2.81. The number of aliphatic imine (C=N–C) groups is 1. The van der Waals surface area contributed by atoms with Gasteiger partial charge in [-0.05, 0) is 18.2 Å². The van der Waals surface area contributed by atoms with Crippen molar-refractivity contribution in [2.24, 2.45) is 4.99 Å². The van der Waals surface area contributed by atoms with Crippen LogP contribution in [0.2, 0.25) is 5.02 Å². The molecule has 2 fully saturated rings. The number of amidine groups is 1. The highest BCUT2D eigenvalue weighted by molar-refractivity contribution is 7.11. The van der Waals surface area contributed by atoms with Crippen molar-refractivity contribution in [3.8, 4) is 0 Å². The average Bonchev–Trinajstić information content (AvgIpc) is 3.71. The molecule has 0 saturated carbocycles. The van der Waals surface area contributed by atoms with Crippen LogP contribution in [0.25, 0.3) is 5.57 Å². The Bertz CT molecular complexity index is 1500. The third-order valence-electron chi connectivity index (χ3n) is 6.75. The van der Waals surface area contributed by atoms with Crippen LogP contribution < -0.4 is 10.8 Å². The van der Waals surface area contributed by atoms with Crippen LogP contribution in [-0.4, -0.2) is 63.8 Å². The number of hydrogen-bond acceptors (Lipinski definition) is 10. The topological polar surface area (TPSA) is 115 Å². The summed E-state index contributed by atoms with van der Waals surface area (Å²) in [5.41, 5.74) is 3.40. The zero-order chi connectivity index (χ0) is 28.0. The van der Waals surface area contributed by atoms with E-state index >= 15 is 0 Å². The van der Waals surface area contributed by atoms with Gasteiger partial charge in [0, 0.05) is 53.2 Å². The van der Waals surface area contributed by atoms with E-state index in [1.807, 2.05) is 4.90 Å². The van der Waals surface area contributed by atoms with E-state index in [9.17, 15) is 18.0 Å². The second-order valence-electron chi connectivity index (χ2n) is 9.18. The molecule has 2 aromatic heterocycles. The summed E-state index contributed by atoms with van der Waals surface area (Å²) >= 11 is 7.84. The number of hydrogen-bond donors (Lipinski definition) is 2. The Morgan fingerprint density at radius 3 is 2.92 bits per heavy atom. The zero-order valence-electron chi connectivity index (χ0n) is 20.7. The minimum Gasteiger partial charge on any atom is -0.426 e.